The standard InChI is InChI=1S/C15H20N2O2/c1-9-6-12(13-4-5-17-8-14(13)16)7-10(2)15(9)19-11(3)18/h4-6,8-10,15H,7,16H2,1-3H3/t9-,10+,15+/m1/s1. The molecule has 1 aromatic heterocycles. The Balaban J connectivity index is 2.27. The number of pyridine rings is 1. The van der Waals surface area contributed by atoms with Crippen molar-refractivity contribution in [2.45, 2.75) is 33.3 Å². The summed E-state index contributed by atoms with van der Waals surface area (Å²) in [5.41, 5.74) is 8.91. The first-order chi connectivity index (χ1) is 8.99. The molecule has 2 rings (SSSR count). The van der Waals surface area contributed by atoms with Crippen LogP contribution in [0.15, 0.2) is 24.5 Å². The van der Waals surface area contributed by atoms with Crippen molar-refractivity contribution in [1.29, 1.82) is 0 Å². The Hall–Kier alpha value is -1.84. The Bertz CT molecular complexity index is 511. The van der Waals surface area contributed by atoms with Gasteiger partial charge in [-0.2, -0.15) is 0 Å². The zero-order valence-electron chi connectivity index (χ0n) is 11.6. The van der Waals surface area contributed by atoms with Crippen molar-refractivity contribution in [3.05, 3.63) is 30.1 Å². The molecule has 0 amide bonds. The van der Waals surface area contributed by atoms with E-state index < -0.39 is 0 Å². The van der Waals surface area contributed by atoms with Crippen molar-refractivity contribution in [1.82, 2.24) is 4.98 Å². The van der Waals surface area contributed by atoms with Crippen LogP contribution in [0.2, 0.25) is 0 Å². The second-order valence-corrected chi connectivity index (χ2v) is 5.27. The molecule has 0 aromatic carbocycles. The second kappa shape index (κ2) is 5.43. The minimum atomic E-state index is -0.219. The Labute approximate surface area is 113 Å². The Kier molecular flexibility index (Phi) is 3.88. The van der Waals surface area contributed by atoms with E-state index in [1.54, 1.807) is 12.4 Å². The fraction of sp³-hybridized carbons (Fsp3) is 0.467. The molecule has 0 spiro atoms. The lowest BCUT2D eigenvalue weighted by Crippen LogP contribution is -2.33. The number of allylic oxidation sites excluding steroid dienone is 1. The number of nitrogens with zero attached hydrogens (tertiary/aromatic N) is 1. The SMILES string of the molecule is CC(=O)O[C@H]1[C@H](C)C=C(c2ccncc2N)C[C@@H]1C. The van der Waals surface area contributed by atoms with E-state index in [1.807, 2.05) is 6.07 Å². The number of nitrogens with two attached hydrogens (primary N) is 1. The average molecular weight is 260 g/mol. The molecule has 19 heavy (non-hydrogen) atoms. The van der Waals surface area contributed by atoms with E-state index in [1.165, 1.54) is 12.5 Å². The highest BCUT2D eigenvalue weighted by Crippen LogP contribution is 2.37. The number of carbonyl (C=O) groups excluding carboxylic acids is 1. The first-order valence-corrected chi connectivity index (χ1v) is 6.56. The highest BCUT2D eigenvalue weighted by Gasteiger charge is 2.31. The molecule has 1 aliphatic rings. The maximum Gasteiger partial charge on any atom is 0.302 e. The maximum absolute atomic E-state index is 11.1. The average Bonchev–Trinajstić information content (AvgIpc) is 2.34. The molecule has 0 radical (unpaired) electrons. The van der Waals surface area contributed by atoms with Crippen LogP contribution in [0.5, 0.6) is 0 Å². The fourth-order valence-corrected chi connectivity index (χ4v) is 2.78. The Morgan fingerprint density at radius 2 is 2.21 bits per heavy atom. The third-order valence-corrected chi connectivity index (χ3v) is 3.58. The summed E-state index contributed by atoms with van der Waals surface area (Å²) in [5.74, 6) is 0.255. The van der Waals surface area contributed by atoms with Crippen LogP contribution in [-0.4, -0.2) is 17.1 Å². The third kappa shape index (κ3) is 2.95. The highest BCUT2D eigenvalue weighted by molar-refractivity contribution is 5.75. The number of hydrogen-bond donors (Lipinski definition) is 1. The van der Waals surface area contributed by atoms with Crippen molar-refractivity contribution in [3.8, 4) is 0 Å². The summed E-state index contributed by atoms with van der Waals surface area (Å²) in [6, 6.07) is 1.94. The molecule has 0 bridgehead atoms. The van der Waals surface area contributed by atoms with Gasteiger partial charge in [0.25, 0.3) is 0 Å². The summed E-state index contributed by atoms with van der Waals surface area (Å²) in [5, 5.41) is 0. The third-order valence-electron chi connectivity index (χ3n) is 3.58. The molecular weight excluding hydrogens is 240 g/mol. The lowest BCUT2D eigenvalue weighted by Gasteiger charge is -2.33. The first-order valence-electron chi connectivity index (χ1n) is 6.56. The summed E-state index contributed by atoms with van der Waals surface area (Å²) >= 11 is 0. The van der Waals surface area contributed by atoms with Crippen LogP contribution in [0, 0.1) is 11.8 Å². The van der Waals surface area contributed by atoms with Crippen LogP contribution < -0.4 is 5.73 Å². The number of aromatic nitrogens is 1. The van der Waals surface area contributed by atoms with Gasteiger partial charge in [-0.05, 0) is 24.0 Å². The van der Waals surface area contributed by atoms with Gasteiger partial charge in [0.05, 0.1) is 11.9 Å². The van der Waals surface area contributed by atoms with Crippen molar-refractivity contribution in [2.75, 3.05) is 5.73 Å². The number of rotatable bonds is 2. The molecule has 2 N–H and O–H groups in total. The van der Waals surface area contributed by atoms with E-state index in [4.69, 9.17) is 10.5 Å². The van der Waals surface area contributed by atoms with E-state index in [0.29, 0.717) is 5.69 Å². The summed E-state index contributed by atoms with van der Waals surface area (Å²) in [7, 11) is 0. The molecule has 0 unspecified atom stereocenters. The maximum atomic E-state index is 11.1. The normalized spacial score (nSPS) is 26.7. The van der Waals surface area contributed by atoms with E-state index in [-0.39, 0.29) is 23.9 Å². The zero-order valence-corrected chi connectivity index (χ0v) is 11.6. The number of nitrogen functional groups attached to an aromatic ring is 1. The van der Waals surface area contributed by atoms with Gasteiger partial charge in [0.1, 0.15) is 6.10 Å². The van der Waals surface area contributed by atoms with Crippen molar-refractivity contribution < 1.29 is 9.53 Å². The second-order valence-electron chi connectivity index (χ2n) is 5.27. The largest absolute Gasteiger partial charge is 0.462 e. The Morgan fingerprint density at radius 3 is 2.79 bits per heavy atom. The van der Waals surface area contributed by atoms with Gasteiger partial charge >= 0.3 is 5.97 Å². The van der Waals surface area contributed by atoms with Gasteiger partial charge in [0.15, 0.2) is 0 Å². The fourth-order valence-electron chi connectivity index (χ4n) is 2.78. The van der Waals surface area contributed by atoms with Crippen LogP contribution in [0.1, 0.15) is 32.8 Å². The number of anilines is 1. The number of carbonyl (C=O) groups is 1. The van der Waals surface area contributed by atoms with Gasteiger partial charge < -0.3 is 10.5 Å². The number of hydrogen-bond acceptors (Lipinski definition) is 4. The van der Waals surface area contributed by atoms with Gasteiger partial charge in [0.2, 0.25) is 0 Å². The monoisotopic (exact) mass is 260 g/mol. The summed E-state index contributed by atoms with van der Waals surface area (Å²) in [6.07, 6.45) is 6.38. The number of ether oxygens (including phenoxy) is 1. The molecule has 1 heterocycles. The summed E-state index contributed by atoms with van der Waals surface area (Å²) in [4.78, 5) is 15.1. The first kappa shape index (κ1) is 13.6. The van der Waals surface area contributed by atoms with Gasteiger partial charge in [-0.3, -0.25) is 9.78 Å². The molecule has 0 saturated carbocycles. The lowest BCUT2D eigenvalue weighted by atomic mass is 9.79. The summed E-state index contributed by atoms with van der Waals surface area (Å²) in [6.45, 7) is 5.63. The minimum absolute atomic E-state index is 0.0516. The molecule has 1 aromatic rings. The van der Waals surface area contributed by atoms with E-state index in [0.717, 1.165) is 12.0 Å². The van der Waals surface area contributed by atoms with Gasteiger partial charge in [0, 0.05) is 24.6 Å². The minimum Gasteiger partial charge on any atom is -0.462 e. The van der Waals surface area contributed by atoms with Crippen LogP contribution >= 0.6 is 0 Å². The predicted octanol–water partition coefficient (Wildman–Crippen LogP) is 2.65. The van der Waals surface area contributed by atoms with Gasteiger partial charge in [-0.1, -0.05) is 19.9 Å². The van der Waals surface area contributed by atoms with Crippen LogP contribution in [-0.2, 0) is 9.53 Å². The van der Waals surface area contributed by atoms with Crippen LogP contribution in [0.25, 0.3) is 5.57 Å². The van der Waals surface area contributed by atoms with Crippen LogP contribution in [0.3, 0.4) is 0 Å². The molecular formula is C15H20N2O2. The van der Waals surface area contributed by atoms with Crippen molar-refractivity contribution in [2.24, 2.45) is 11.8 Å². The van der Waals surface area contributed by atoms with E-state index in [9.17, 15) is 4.79 Å². The predicted molar refractivity (Wildman–Crippen MR) is 75.1 cm³/mol. The topological polar surface area (TPSA) is 65.2 Å². The van der Waals surface area contributed by atoms with Gasteiger partial charge in [-0.25, -0.2) is 0 Å². The summed E-state index contributed by atoms with van der Waals surface area (Å²) < 4.78 is 5.40. The molecule has 0 fully saturated rings. The zero-order chi connectivity index (χ0) is 14.0. The van der Waals surface area contributed by atoms with E-state index in [2.05, 4.69) is 24.9 Å². The Morgan fingerprint density at radius 1 is 1.47 bits per heavy atom. The number of esters is 1. The van der Waals surface area contributed by atoms with Gasteiger partial charge in [-0.15, -0.1) is 0 Å². The van der Waals surface area contributed by atoms with Crippen molar-refractivity contribution >= 4 is 17.2 Å². The van der Waals surface area contributed by atoms with Crippen molar-refractivity contribution in [3.63, 3.8) is 0 Å². The molecule has 3 atom stereocenters. The molecule has 4 heteroatoms. The molecule has 4 nitrogen and oxygen atoms in total. The lowest BCUT2D eigenvalue weighted by molar-refractivity contribution is -0.151. The molecule has 102 valence electrons. The quantitative estimate of drug-likeness (QED) is 0.830. The highest BCUT2D eigenvalue weighted by atomic mass is 16.5. The molecule has 0 aliphatic heterocycles. The van der Waals surface area contributed by atoms with E-state index >= 15 is 0 Å². The molecule has 0 saturated heterocycles. The smallest absolute Gasteiger partial charge is 0.302 e. The van der Waals surface area contributed by atoms with Crippen LogP contribution in [0.4, 0.5) is 5.69 Å². The molecule has 1 aliphatic carbocycles.